The first-order chi connectivity index (χ1) is 5.89. The average molecular weight is 188 g/mol. The topological polar surface area (TPSA) is 49.5 Å². The first kappa shape index (κ1) is 12.9. The summed E-state index contributed by atoms with van der Waals surface area (Å²) in [7, 11) is 2.10. The molecule has 0 saturated heterocycles. The van der Waals surface area contributed by atoms with Gasteiger partial charge in [-0.15, -0.1) is 0 Å². The lowest BCUT2D eigenvalue weighted by Crippen LogP contribution is -2.35. The predicted octanol–water partition coefficient (Wildman–Crippen LogP) is 0.817. The van der Waals surface area contributed by atoms with E-state index in [-0.39, 0.29) is 0 Å². The summed E-state index contributed by atoms with van der Waals surface area (Å²) in [5.41, 5.74) is 4.74. The maximum Gasteiger partial charge on any atom is 0.0741 e. The maximum atomic E-state index is 9.63. The summed E-state index contributed by atoms with van der Waals surface area (Å²) in [6.07, 6.45) is 1.78. The van der Waals surface area contributed by atoms with Gasteiger partial charge in [-0.2, -0.15) is 0 Å². The molecule has 3 heteroatoms. The summed E-state index contributed by atoms with van der Waals surface area (Å²) in [5, 5.41) is 9.63. The standard InChI is InChI=1S/C10H24N2O/c1-9(2)12(4)7-5-6-10(3,13)8-11/h9,13H,5-8,11H2,1-4H3. The summed E-state index contributed by atoms with van der Waals surface area (Å²) in [6, 6.07) is 0.572. The Morgan fingerprint density at radius 2 is 2.00 bits per heavy atom. The van der Waals surface area contributed by atoms with Gasteiger partial charge in [-0.05, 0) is 47.2 Å². The SMILES string of the molecule is CC(C)N(C)CCCC(C)(O)CN. The lowest BCUT2D eigenvalue weighted by Gasteiger charge is -2.25. The number of nitrogens with zero attached hydrogens (tertiary/aromatic N) is 1. The molecule has 3 nitrogen and oxygen atoms in total. The molecule has 0 aromatic rings. The Morgan fingerprint density at radius 3 is 2.38 bits per heavy atom. The van der Waals surface area contributed by atoms with Crippen molar-refractivity contribution in [3.8, 4) is 0 Å². The molecule has 0 aromatic carbocycles. The van der Waals surface area contributed by atoms with Crippen molar-refractivity contribution >= 4 is 0 Å². The van der Waals surface area contributed by atoms with Crippen LogP contribution in [0.1, 0.15) is 33.6 Å². The van der Waals surface area contributed by atoms with Crippen molar-refractivity contribution in [2.24, 2.45) is 5.73 Å². The van der Waals surface area contributed by atoms with Crippen molar-refractivity contribution in [2.45, 2.75) is 45.3 Å². The van der Waals surface area contributed by atoms with Crippen LogP contribution < -0.4 is 5.73 Å². The molecule has 13 heavy (non-hydrogen) atoms. The largest absolute Gasteiger partial charge is 0.389 e. The van der Waals surface area contributed by atoms with E-state index < -0.39 is 5.60 Å². The number of nitrogens with two attached hydrogens (primary N) is 1. The van der Waals surface area contributed by atoms with Gasteiger partial charge in [0.2, 0.25) is 0 Å². The van der Waals surface area contributed by atoms with Crippen LogP contribution in [0, 0.1) is 0 Å². The van der Waals surface area contributed by atoms with Gasteiger partial charge in [-0.1, -0.05) is 0 Å². The van der Waals surface area contributed by atoms with Crippen LogP contribution in [-0.2, 0) is 0 Å². The van der Waals surface area contributed by atoms with Crippen LogP contribution in [0.3, 0.4) is 0 Å². The molecule has 0 bridgehead atoms. The van der Waals surface area contributed by atoms with Gasteiger partial charge >= 0.3 is 0 Å². The number of rotatable bonds is 6. The van der Waals surface area contributed by atoms with Crippen LogP contribution in [0.2, 0.25) is 0 Å². The highest BCUT2D eigenvalue weighted by Gasteiger charge is 2.17. The second-order valence-corrected chi connectivity index (χ2v) is 4.38. The highest BCUT2D eigenvalue weighted by atomic mass is 16.3. The van der Waals surface area contributed by atoms with E-state index in [2.05, 4.69) is 25.8 Å². The molecule has 0 aromatic heterocycles. The minimum absolute atomic E-state index is 0.346. The molecule has 1 atom stereocenters. The fourth-order valence-corrected chi connectivity index (χ4v) is 1.07. The van der Waals surface area contributed by atoms with E-state index in [4.69, 9.17) is 5.73 Å². The van der Waals surface area contributed by atoms with Crippen molar-refractivity contribution in [1.82, 2.24) is 4.90 Å². The van der Waals surface area contributed by atoms with E-state index in [1.807, 2.05) is 0 Å². The molecule has 0 aliphatic rings. The fraction of sp³-hybridized carbons (Fsp3) is 1.00. The normalized spacial score (nSPS) is 16.6. The molecule has 1 unspecified atom stereocenters. The molecule has 0 spiro atoms. The second-order valence-electron chi connectivity index (χ2n) is 4.38. The summed E-state index contributed by atoms with van der Waals surface area (Å²) in [4.78, 5) is 2.27. The Kier molecular flexibility index (Phi) is 5.53. The summed E-state index contributed by atoms with van der Waals surface area (Å²) >= 11 is 0. The zero-order valence-corrected chi connectivity index (χ0v) is 9.38. The van der Waals surface area contributed by atoms with Gasteiger partial charge in [0.1, 0.15) is 0 Å². The molecule has 0 rings (SSSR count). The Balaban J connectivity index is 3.56. The quantitative estimate of drug-likeness (QED) is 0.649. The van der Waals surface area contributed by atoms with E-state index in [9.17, 15) is 5.11 Å². The van der Waals surface area contributed by atoms with E-state index in [0.29, 0.717) is 12.6 Å². The van der Waals surface area contributed by atoms with Crippen molar-refractivity contribution in [1.29, 1.82) is 0 Å². The van der Waals surface area contributed by atoms with Crippen molar-refractivity contribution in [2.75, 3.05) is 20.1 Å². The van der Waals surface area contributed by atoms with Crippen LogP contribution in [-0.4, -0.2) is 41.8 Å². The van der Waals surface area contributed by atoms with Gasteiger partial charge in [0.15, 0.2) is 0 Å². The third kappa shape index (κ3) is 6.02. The molecular formula is C10H24N2O. The minimum atomic E-state index is -0.683. The van der Waals surface area contributed by atoms with Gasteiger partial charge in [-0.3, -0.25) is 0 Å². The predicted molar refractivity (Wildman–Crippen MR) is 56.7 cm³/mol. The Bertz CT molecular complexity index is 135. The summed E-state index contributed by atoms with van der Waals surface area (Å²) in [6.45, 7) is 7.50. The average Bonchev–Trinajstić information content (AvgIpc) is 2.04. The monoisotopic (exact) mass is 188 g/mol. The molecule has 0 amide bonds. The van der Waals surface area contributed by atoms with Crippen LogP contribution >= 0.6 is 0 Å². The third-order valence-electron chi connectivity index (χ3n) is 2.55. The van der Waals surface area contributed by atoms with Gasteiger partial charge < -0.3 is 15.7 Å². The zero-order valence-electron chi connectivity index (χ0n) is 9.38. The molecule has 0 saturated carbocycles. The zero-order chi connectivity index (χ0) is 10.5. The van der Waals surface area contributed by atoms with E-state index >= 15 is 0 Å². The smallest absolute Gasteiger partial charge is 0.0741 e. The maximum absolute atomic E-state index is 9.63. The molecule has 0 aliphatic carbocycles. The minimum Gasteiger partial charge on any atom is -0.389 e. The van der Waals surface area contributed by atoms with Gasteiger partial charge in [0.05, 0.1) is 5.60 Å². The van der Waals surface area contributed by atoms with Crippen molar-refractivity contribution < 1.29 is 5.11 Å². The number of hydrogen-bond acceptors (Lipinski definition) is 3. The van der Waals surface area contributed by atoms with Gasteiger partial charge in [0.25, 0.3) is 0 Å². The number of hydrogen-bond donors (Lipinski definition) is 2. The molecule has 0 aliphatic heterocycles. The Labute approximate surface area is 81.9 Å². The van der Waals surface area contributed by atoms with Crippen LogP contribution in [0.5, 0.6) is 0 Å². The highest BCUT2D eigenvalue weighted by Crippen LogP contribution is 2.10. The molecule has 0 radical (unpaired) electrons. The van der Waals surface area contributed by atoms with Gasteiger partial charge in [-0.25, -0.2) is 0 Å². The first-order valence-electron chi connectivity index (χ1n) is 5.02. The van der Waals surface area contributed by atoms with Gasteiger partial charge in [0, 0.05) is 12.6 Å². The summed E-state index contributed by atoms with van der Waals surface area (Å²) < 4.78 is 0. The van der Waals surface area contributed by atoms with E-state index in [1.54, 1.807) is 6.92 Å². The third-order valence-corrected chi connectivity index (χ3v) is 2.55. The lowest BCUT2D eigenvalue weighted by molar-refractivity contribution is 0.0543. The number of aliphatic hydroxyl groups is 1. The van der Waals surface area contributed by atoms with Crippen molar-refractivity contribution in [3.63, 3.8) is 0 Å². The molecule has 80 valence electrons. The highest BCUT2D eigenvalue weighted by molar-refractivity contribution is 4.73. The van der Waals surface area contributed by atoms with E-state index in [1.165, 1.54) is 0 Å². The Hall–Kier alpha value is -0.120. The van der Waals surface area contributed by atoms with Crippen LogP contribution in [0.15, 0.2) is 0 Å². The van der Waals surface area contributed by atoms with E-state index in [0.717, 1.165) is 19.4 Å². The second kappa shape index (κ2) is 5.58. The molecular weight excluding hydrogens is 164 g/mol. The van der Waals surface area contributed by atoms with Crippen LogP contribution in [0.4, 0.5) is 0 Å². The van der Waals surface area contributed by atoms with Crippen molar-refractivity contribution in [3.05, 3.63) is 0 Å². The molecule has 0 heterocycles. The van der Waals surface area contributed by atoms with Crippen LogP contribution in [0.25, 0.3) is 0 Å². The molecule has 0 fully saturated rings. The first-order valence-corrected chi connectivity index (χ1v) is 5.02. The molecule has 3 N–H and O–H groups in total. The lowest BCUT2D eigenvalue weighted by atomic mass is 10.0. The fourth-order valence-electron chi connectivity index (χ4n) is 1.07. The summed E-state index contributed by atoms with van der Waals surface area (Å²) in [5.74, 6) is 0. The Morgan fingerprint density at radius 1 is 1.46 bits per heavy atom.